The van der Waals surface area contributed by atoms with Crippen LogP contribution in [0.4, 0.5) is 0 Å². The minimum absolute atomic E-state index is 0.0625. The Morgan fingerprint density at radius 1 is 1.21 bits per heavy atom. The molecule has 0 unspecified atom stereocenters. The molecule has 1 aromatic carbocycles. The van der Waals surface area contributed by atoms with Crippen molar-refractivity contribution in [2.24, 2.45) is 5.92 Å². The molecule has 0 aromatic heterocycles. The highest BCUT2D eigenvalue weighted by Crippen LogP contribution is 2.27. The first kappa shape index (κ1) is 14.3. The number of hydrogen-bond acceptors (Lipinski definition) is 2. The minimum atomic E-state index is -3.37. The summed E-state index contributed by atoms with van der Waals surface area (Å²) in [5.74, 6) is 0.510. The molecule has 0 heterocycles. The summed E-state index contributed by atoms with van der Waals surface area (Å²) in [7, 11) is -3.37. The standard InChI is InChI=1S/C15H21NO2S/c1-3-4-13-7-8-14(11-13)16-19(17,18)15-9-5-12(2)6-10-15/h3-6,9-10,13-14,16H,7-8,11H2,1-2H3/b4-3+/t13-,14+/m0/s1. The first-order valence-electron chi connectivity index (χ1n) is 6.73. The van der Waals surface area contributed by atoms with Gasteiger partial charge in [0.2, 0.25) is 10.0 Å². The summed E-state index contributed by atoms with van der Waals surface area (Å²) in [5.41, 5.74) is 1.06. The predicted molar refractivity (Wildman–Crippen MR) is 77.4 cm³/mol. The van der Waals surface area contributed by atoms with Gasteiger partial charge in [-0.05, 0) is 51.2 Å². The van der Waals surface area contributed by atoms with Gasteiger partial charge in [0.25, 0.3) is 0 Å². The molecular weight excluding hydrogens is 258 g/mol. The Labute approximate surface area is 115 Å². The second-order valence-corrected chi connectivity index (χ2v) is 6.94. The fraction of sp³-hybridized carbons (Fsp3) is 0.467. The van der Waals surface area contributed by atoms with E-state index in [0.717, 1.165) is 24.8 Å². The van der Waals surface area contributed by atoms with Gasteiger partial charge in [-0.1, -0.05) is 29.8 Å². The summed E-state index contributed by atoms with van der Waals surface area (Å²) in [4.78, 5) is 0.354. The zero-order valence-corrected chi connectivity index (χ0v) is 12.3. The number of aryl methyl sites for hydroxylation is 1. The summed E-state index contributed by atoms with van der Waals surface area (Å²) >= 11 is 0. The minimum Gasteiger partial charge on any atom is -0.208 e. The largest absolute Gasteiger partial charge is 0.240 e. The monoisotopic (exact) mass is 279 g/mol. The molecule has 3 nitrogen and oxygen atoms in total. The van der Waals surface area contributed by atoms with Gasteiger partial charge in [-0.25, -0.2) is 13.1 Å². The van der Waals surface area contributed by atoms with E-state index in [1.165, 1.54) is 0 Å². The highest BCUT2D eigenvalue weighted by molar-refractivity contribution is 7.89. The van der Waals surface area contributed by atoms with Crippen LogP contribution in [-0.4, -0.2) is 14.5 Å². The first-order chi connectivity index (χ1) is 9.01. The van der Waals surface area contributed by atoms with Gasteiger partial charge in [-0.3, -0.25) is 0 Å². The van der Waals surface area contributed by atoms with E-state index < -0.39 is 10.0 Å². The second kappa shape index (κ2) is 5.88. The fourth-order valence-electron chi connectivity index (χ4n) is 2.58. The lowest BCUT2D eigenvalue weighted by Crippen LogP contribution is -2.32. The highest BCUT2D eigenvalue weighted by Gasteiger charge is 2.27. The Balaban J connectivity index is 2.04. The average molecular weight is 279 g/mol. The maximum atomic E-state index is 12.2. The molecule has 1 aliphatic carbocycles. The van der Waals surface area contributed by atoms with Crippen LogP contribution in [0.3, 0.4) is 0 Å². The average Bonchev–Trinajstić information content (AvgIpc) is 2.77. The highest BCUT2D eigenvalue weighted by atomic mass is 32.2. The smallest absolute Gasteiger partial charge is 0.208 e. The number of sulfonamides is 1. The number of allylic oxidation sites excluding steroid dienone is 2. The Hall–Kier alpha value is -1.13. The molecule has 19 heavy (non-hydrogen) atoms. The van der Waals surface area contributed by atoms with Crippen LogP contribution in [0.15, 0.2) is 41.3 Å². The molecule has 0 saturated heterocycles. The third-order valence-corrected chi connectivity index (χ3v) is 5.13. The zero-order chi connectivity index (χ0) is 13.9. The second-order valence-electron chi connectivity index (χ2n) is 5.23. The lowest BCUT2D eigenvalue weighted by atomic mass is 10.1. The number of rotatable bonds is 4. The van der Waals surface area contributed by atoms with Crippen LogP contribution >= 0.6 is 0 Å². The lowest BCUT2D eigenvalue weighted by molar-refractivity contribution is 0.547. The molecule has 1 aromatic rings. The SMILES string of the molecule is C/C=C/[C@H]1CC[C@@H](NS(=O)(=O)c2ccc(C)cc2)C1. The Morgan fingerprint density at radius 2 is 1.89 bits per heavy atom. The third-order valence-electron chi connectivity index (χ3n) is 3.59. The van der Waals surface area contributed by atoms with Gasteiger partial charge < -0.3 is 0 Å². The van der Waals surface area contributed by atoms with Crippen molar-refractivity contribution in [3.8, 4) is 0 Å². The summed E-state index contributed by atoms with van der Waals surface area (Å²) < 4.78 is 27.3. The molecule has 1 aliphatic rings. The van der Waals surface area contributed by atoms with Gasteiger partial charge in [0.15, 0.2) is 0 Å². The summed E-state index contributed by atoms with van der Waals surface area (Å²) in [6, 6.07) is 7.04. The summed E-state index contributed by atoms with van der Waals surface area (Å²) in [6.07, 6.45) is 7.09. The van der Waals surface area contributed by atoms with Crippen LogP contribution in [0.25, 0.3) is 0 Å². The van der Waals surface area contributed by atoms with E-state index in [1.54, 1.807) is 12.1 Å². The molecule has 1 fully saturated rings. The van der Waals surface area contributed by atoms with Crippen LogP contribution in [-0.2, 0) is 10.0 Å². The Bertz CT molecular complexity index is 546. The molecule has 4 heteroatoms. The lowest BCUT2D eigenvalue weighted by Gasteiger charge is -2.13. The predicted octanol–water partition coefficient (Wildman–Crippen LogP) is 3.02. The van der Waals surface area contributed by atoms with Crippen molar-refractivity contribution in [2.45, 2.75) is 44.0 Å². The molecule has 0 radical (unpaired) electrons. The first-order valence-corrected chi connectivity index (χ1v) is 8.21. The van der Waals surface area contributed by atoms with Crippen LogP contribution in [0, 0.1) is 12.8 Å². The Morgan fingerprint density at radius 3 is 2.53 bits per heavy atom. The molecule has 1 saturated carbocycles. The van der Waals surface area contributed by atoms with Crippen LogP contribution in [0.5, 0.6) is 0 Å². The van der Waals surface area contributed by atoms with Gasteiger partial charge in [-0.15, -0.1) is 0 Å². The van der Waals surface area contributed by atoms with Crippen molar-refractivity contribution in [2.75, 3.05) is 0 Å². The maximum Gasteiger partial charge on any atom is 0.240 e. The van der Waals surface area contributed by atoms with Crippen LogP contribution in [0.2, 0.25) is 0 Å². The zero-order valence-electron chi connectivity index (χ0n) is 11.5. The van der Waals surface area contributed by atoms with Crippen LogP contribution < -0.4 is 4.72 Å². The number of benzene rings is 1. The third kappa shape index (κ3) is 3.67. The van der Waals surface area contributed by atoms with E-state index in [2.05, 4.69) is 10.8 Å². The van der Waals surface area contributed by atoms with Gasteiger partial charge >= 0.3 is 0 Å². The van der Waals surface area contributed by atoms with Crippen molar-refractivity contribution < 1.29 is 8.42 Å². The summed E-state index contributed by atoms with van der Waals surface area (Å²) in [5, 5.41) is 0. The topological polar surface area (TPSA) is 46.2 Å². The molecule has 1 N–H and O–H groups in total. The summed E-state index contributed by atoms with van der Waals surface area (Å²) in [6.45, 7) is 3.95. The van der Waals surface area contributed by atoms with Crippen LogP contribution in [0.1, 0.15) is 31.7 Å². The van der Waals surface area contributed by atoms with E-state index in [9.17, 15) is 8.42 Å². The van der Waals surface area contributed by atoms with Crippen molar-refractivity contribution in [1.29, 1.82) is 0 Å². The molecule has 0 spiro atoms. The molecule has 2 atom stereocenters. The maximum absolute atomic E-state index is 12.2. The van der Waals surface area contributed by atoms with Crippen molar-refractivity contribution in [3.05, 3.63) is 42.0 Å². The fourth-order valence-corrected chi connectivity index (χ4v) is 3.86. The van der Waals surface area contributed by atoms with E-state index in [1.807, 2.05) is 32.1 Å². The van der Waals surface area contributed by atoms with Gasteiger partial charge in [0.05, 0.1) is 4.90 Å². The van der Waals surface area contributed by atoms with E-state index in [-0.39, 0.29) is 6.04 Å². The van der Waals surface area contributed by atoms with Gasteiger partial charge in [0, 0.05) is 6.04 Å². The molecular formula is C15H21NO2S. The quantitative estimate of drug-likeness (QED) is 0.861. The van der Waals surface area contributed by atoms with Gasteiger partial charge in [-0.2, -0.15) is 0 Å². The molecule has 0 amide bonds. The number of nitrogens with one attached hydrogen (secondary N) is 1. The number of hydrogen-bond donors (Lipinski definition) is 1. The van der Waals surface area contributed by atoms with E-state index in [4.69, 9.17) is 0 Å². The molecule has 2 rings (SSSR count). The van der Waals surface area contributed by atoms with E-state index >= 15 is 0 Å². The molecule has 0 aliphatic heterocycles. The van der Waals surface area contributed by atoms with E-state index in [0.29, 0.717) is 10.8 Å². The van der Waals surface area contributed by atoms with Gasteiger partial charge in [0.1, 0.15) is 0 Å². The van der Waals surface area contributed by atoms with Crippen molar-refractivity contribution >= 4 is 10.0 Å². The van der Waals surface area contributed by atoms with Crippen molar-refractivity contribution in [1.82, 2.24) is 4.72 Å². The van der Waals surface area contributed by atoms with Crippen molar-refractivity contribution in [3.63, 3.8) is 0 Å². The molecule has 0 bridgehead atoms. The normalized spacial score (nSPS) is 24.1. The molecule has 104 valence electrons. The Kier molecular flexibility index (Phi) is 4.42.